The molecular weight excluding hydrogens is 401 g/mol. The normalized spacial score (nSPS) is 16.8. The van der Waals surface area contributed by atoms with Crippen molar-refractivity contribution in [1.29, 1.82) is 0 Å². The molecule has 158 valence electrons. The lowest BCUT2D eigenvalue weighted by atomic mass is 9.93. The van der Waals surface area contributed by atoms with Crippen molar-refractivity contribution in [3.8, 4) is 0 Å². The summed E-state index contributed by atoms with van der Waals surface area (Å²) in [5, 5.41) is 0. The van der Waals surface area contributed by atoms with Gasteiger partial charge >= 0.3 is 6.80 Å². The zero-order valence-electron chi connectivity index (χ0n) is 16.5. The number of hydrogen-bond donors (Lipinski definition) is 0. The van der Waals surface area contributed by atoms with Gasteiger partial charge in [0, 0.05) is 0 Å². The third-order valence-corrected chi connectivity index (χ3v) is 8.63. The predicted molar refractivity (Wildman–Crippen MR) is 104 cm³/mol. The van der Waals surface area contributed by atoms with Gasteiger partial charge in [-0.1, -0.05) is 6.42 Å². The molecule has 1 saturated carbocycles. The van der Waals surface area contributed by atoms with Gasteiger partial charge in [0.25, 0.3) is 0 Å². The van der Waals surface area contributed by atoms with Gasteiger partial charge in [0.2, 0.25) is 10.4 Å². The molecule has 26 heavy (non-hydrogen) atoms. The highest BCUT2D eigenvalue weighted by Crippen LogP contribution is 2.60. The molecule has 1 fully saturated rings. The molecule has 1 aliphatic rings. The van der Waals surface area contributed by atoms with Crippen LogP contribution >= 0.6 is 18.2 Å². The van der Waals surface area contributed by atoms with Crippen LogP contribution in [-0.4, -0.2) is 70.2 Å². The molecule has 0 heterocycles. The van der Waals surface area contributed by atoms with Gasteiger partial charge in [0.15, 0.2) is 0 Å². The Kier molecular flexibility index (Phi) is 12.9. The Bertz CT molecular complexity index is 512. The molecule has 0 saturated heterocycles. The first-order valence-corrected chi connectivity index (χ1v) is 13.3. The summed E-state index contributed by atoms with van der Waals surface area (Å²) in [5.41, 5.74) is 0. The van der Waals surface area contributed by atoms with E-state index in [9.17, 15) is 17.5 Å². The Morgan fingerprint density at radius 1 is 1.12 bits per heavy atom. The van der Waals surface area contributed by atoms with Gasteiger partial charge < -0.3 is 18.1 Å². The van der Waals surface area contributed by atoms with Crippen LogP contribution in [0.2, 0.25) is 0 Å². The van der Waals surface area contributed by atoms with E-state index in [4.69, 9.17) is 9.05 Å². The molecule has 0 amide bonds. The average molecular weight is 436 g/mol. The fraction of sp³-hybridized carbons (Fsp3) is 1.00. The molecule has 0 aliphatic heterocycles. The van der Waals surface area contributed by atoms with E-state index in [0.717, 1.165) is 29.9 Å². The van der Waals surface area contributed by atoms with Gasteiger partial charge in [-0.2, -0.15) is 0 Å². The molecule has 0 aromatic heterocycles. The first-order chi connectivity index (χ1) is 12.0. The average Bonchev–Trinajstić information content (AvgIpc) is 2.56. The minimum atomic E-state index is -4.41. The van der Waals surface area contributed by atoms with Crippen LogP contribution in [-0.2, 0) is 28.2 Å². The lowest BCUT2D eigenvalue weighted by Crippen LogP contribution is -2.50. The SMILES string of the molecule is CCOP(=O)(OCC)SCC[N+](C)(C)C1CCCCC1.COS(=O)(=O)[O-]. The summed E-state index contributed by atoms with van der Waals surface area (Å²) in [7, 11) is 0.985. The molecule has 0 bridgehead atoms. The van der Waals surface area contributed by atoms with Crippen LogP contribution in [0.3, 0.4) is 0 Å². The van der Waals surface area contributed by atoms with E-state index in [2.05, 4.69) is 18.3 Å². The van der Waals surface area contributed by atoms with Gasteiger partial charge in [-0.15, -0.1) is 0 Å². The van der Waals surface area contributed by atoms with Crippen molar-refractivity contribution in [1.82, 2.24) is 0 Å². The van der Waals surface area contributed by atoms with E-state index in [0.29, 0.717) is 13.2 Å². The summed E-state index contributed by atoms with van der Waals surface area (Å²) >= 11 is 1.36. The van der Waals surface area contributed by atoms with Gasteiger partial charge in [-0.05, 0) is 50.9 Å². The standard InChI is InChI=1S/C14H31NO3PS.CH4O4S/c1-5-17-19(16,18-6-2)20-13-12-15(3,4)14-10-8-7-9-11-14;1-5-6(2,3)4/h14H,5-13H2,1-4H3;1H3,(H,2,3,4)/q+1;/p-1. The largest absolute Gasteiger partial charge is 0.726 e. The Balaban J connectivity index is 0.000000896. The van der Waals surface area contributed by atoms with Crippen molar-refractivity contribution in [2.45, 2.75) is 52.0 Å². The lowest BCUT2D eigenvalue weighted by molar-refractivity contribution is -0.914. The van der Waals surface area contributed by atoms with Crippen LogP contribution in [0.15, 0.2) is 0 Å². The predicted octanol–water partition coefficient (Wildman–Crippen LogP) is 3.40. The van der Waals surface area contributed by atoms with Crippen LogP contribution in [0.1, 0.15) is 46.0 Å². The first kappa shape index (κ1) is 26.3. The minimum Gasteiger partial charge on any atom is -0.726 e. The smallest absolute Gasteiger partial charge is 0.389 e. The molecule has 0 atom stereocenters. The molecule has 0 N–H and O–H groups in total. The topological polar surface area (TPSA) is 102 Å². The van der Waals surface area contributed by atoms with Gasteiger partial charge in [0.1, 0.15) is 0 Å². The van der Waals surface area contributed by atoms with Crippen LogP contribution in [0.25, 0.3) is 0 Å². The van der Waals surface area contributed by atoms with E-state index < -0.39 is 17.2 Å². The van der Waals surface area contributed by atoms with Crippen molar-refractivity contribution in [2.24, 2.45) is 0 Å². The van der Waals surface area contributed by atoms with Crippen LogP contribution in [0, 0.1) is 0 Å². The molecule has 0 spiro atoms. The molecule has 1 aliphatic carbocycles. The second kappa shape index (κ2) is 12.7. The van der Waals surface area contributed by atoms with E-state index in [1.165, 1.54) is 43.5 Å². The monoisotopic (exact) mass is 435 g/mol. The van der Waals surface area contributed by atoms with Crippen molar-refractivity contribution in [3.05, 3.63) is 0 Å². The Morgan fingerprint density at radius 3 is 1.96 bits per heavy atom. The summed E-state index contributed by atoms with van der Waals surface area (Å²) < 4.78 is 55.1. The zero-order valence-corrected chi connectivity index (χ0v) is 19.0. The molecule has 0 aromatic rings. The van der Waals surface area contributed by atoms with Gasteiger partial charge in [-0.25, -0.2) is 13.0 Å². The van der Waals surface area contributed by atoms with E-state index in [-0.39, 0.29) is 0 Å². The van der Waals surface area contributed by atoms with Crippen molar-refractivity contribution >= 4 is 28.6 Å². The summed E-state index contributed by atoms with van der Waals surface area (Å²) in [4.78, 5) is 0. The second-order valence-corrected chi connectivity index (χ2v) is 11.8. The maximum Gasteiger partial charge on any atom is 0.389 e. The first-order valence-electron chi connectivity index (χ1n) is 8.87. The highest BCUT2D eigenvalue weighted by Gasteiger charge is 2.31. The summed E-state index contributed by atoms with van der Waals surface area (Å²) in [6.07, 6.45) is 6.75. The second-order valence-electron chi connectivity index (χ2n) is 6.48. The number of nitrogens with zero attached hydrogens (tertiary/aromatic N) is 1. The Hall–Kier alpha value is 0.330. The highest BCUT2D eigenvalue weighted by atomic mass is 32.7. The third kappa shape index (κ3) is 11.9. The fourth-order valence-corrected chi connectivity index (χ4v) is 6.41. The number of hydrogen-bond acceptors (Lipinski definition) is 8. The fourth-order valence-electron chi connectivity index (χ4n) is 2.78. The van der Waals surface area contributed by atoms with Crippen LogP contribution in [0.5, 0.6) is 0 Å². The van der Waals surface area contributed by atoms with Crippen LogP contribution < -0.4 is 0 Å². The van der Waals surface area contributed by atoms with E-state index >= 15 is 0 Å². The van der Waals surface area contributed by atoms with Crippen molar-refractivity contribution in [2.75, 3.05) is 46.7 Å². The molecular formula is C15H34NO7PS2. The summed E-state index contributed by atoms with van der Waals surface area (Å²) in [6, 6.07) is 0.753. The molecule has 0 radical (unpaired) electrons. The molecule has 8 nitrogen and oxygen atoms in total. The van der Waals surface area contributed by atoms with Crippen LogP contribution in [0.4, 0.5) is 0 Å². The Labute approximate surface area is 162 Å². The molecule has 11 heteroatoms. The Morgan fingerprint density at radius 2 is 1.58 bits per heavy atom. The number of rotatable bonds is 10. The zero-order chi connectivity index (χ0) is 20.3. The van der Waals surface area contributed by atoms with E-state index in [1.807, 2.05) is 13.8 Å². The summed E-state index contributed by atoms with van der Waals surface area (Å²) in [6.45, 7) is 2.66. The summed E-state index contributed by atoms with van der Waals surface area (Å²) in [5.74, 6) is 0.820. The van der Waals surface area contributed by atoms with Gasteiger partial charge in [0.05, 0.1) is 52.8 Å². The van der Waals surface area contributed by atoms with Crippen molar-refractivity contribution < 1.29 is 35.2 Å². The third-order valence-electron chi connectivity index (χ3n) is 4.26. The maximum absolute atomic E-state index is 12.4. The minimum absolute atomic E-state index is 0.436. The molecule has 1 rings (SSSR count). The van der Waals surface area contributed by atoms with E-state index in [1.54, 1.807) is 0 Å². The van der Waals surface area contributed by atoms with Gasteiger partial charge in [-0.3, -0.25) is 4.18 Å². The van der Waals surface area contributed by atoms with Crippen molar-refractivity contribution in [3.63, 3.8) is 0 Å². The maximum atomic E-state index is 12.4. The molecule has 0 aromatic carbocycles. The number of quaternary nitrogens is 1. The quantitative estimate of drug-likeness (QED) is 0.223. The molecule has 0 unspecified atom stereocenters. The highest BCUT2D eigenvalue weighted by molar-refractivity contribution is 8.55. The lowest BCUT2D eigenvalue weighted by Gasteiger charge is -2.40.